The monoisotopic (exact) mass is 400 g/mol. The summed E-state index contributed by atoms with van der Waals surface area (Å²) < 4.78 is 22.3. The van der Waals surface area contributed by atoms with Gasteiger partial charge in [0.05, 0.1) is 12.0 Å². The van der Waals surface area contributed by atoms with Crippen LogP contribution >= 0.6 is 7.82 Å². The fraction of sp³-hybridized carbons (Fsp3) is 0.462. The number of phosphoric ester groups is 1. The third-order valence-electron chi connectivity index (χ3n) is 4.45. The van der Waals surface area contributed by atoms with Gasteiger partial charge in [0.2, 0.25) is 0 Å². The Labute approximate surface area is 151 Å². The molecule has 0 aromatic carbocycles. The molecule has 14 heteroatoms. The Morgan fingerprint density at radius 1 is 1.33 bits per heavy atom. The van der Waals surface area contributed by atoms with Gasteiger partial charge in [-0.3, -0.25) is 4.52 Å². The first-order valence-electron chi connectivity index (χ1n) is 7.83. The van der Waals surface area contributed by atoms with Gasteiger partial charge >= 0.3 is 7.82 Å². The summed E-state index contributed by atoms with van der Waals surface area (Å²) in [6.07, 6.45) is -2.17. The first-order valence-corrected chi connectivity index (χ1v) is 9.36. The summed E-state index contributed by atoms with van der Waals surface area (Å²) in [6, 6.07) is 0. The molecule has 4 atom stereocenters. The molecule has 4 heterocycles. The number of hydrogen-bond acceptors (Lipinski definition) is 10. The fourth-order valence-corrected chi connectivity index (χ4v) is 3.57. The smallest absolute Gasteiger partial charge is 0.387 e. The maximum atomic E-state index is 10.9. The van der Waals surface area contributed by atoms with Crippen LogP contribution in [0.3, 0.4) is 0 Å². The van der Waals surface area contributed by atoms with Crippen molar-refractivity contribution < 1.29 is 33.8 Å². The molecule has 2 aliphatic rings. The van der Waals surface area contributed by atoms with Crippen molar-refractivity contribution in [2.75, 3.05) is 18.7 Å². The molecule has 2 aromatic rings. The number of amidine groups is 1. The molecule has 4 rings (SSSR count). The summed E-state index contributed by atoms with van der Waals surface area (Å²) >= 11 is 0. The van der Waals surface area contributed by atoms with E-state index in [0.29, 0.717) is 22.4 Å². The molecule has 146 valence electrons. The van der Waals surface area contributed by atoms with Crippen molar-refractivity contribution in [3.63, 3.8) is 0 Å². The highest BCUT2D eigenvalue weighted by molar-refractivity contribution is 7.46. The number of hydrazone groups is 1. The summed E-state index contributed by atoms with van der Waals surface area (Å²) in [7, 11) is -3.07. The van der Waals surface area contributed by atoms with Crippen LogP contribution in [-0.2, 0) is 13.8 Å². The minimum atomic E-state index is -4.75. The topological polar surface area (TPSA) is 189 Å². The second-order valence-corrected chi connectivity index (χ2v) is 7.43. The van der Waals surface area contributed by atoms with E-state index in [1.807, 2.05) is 0 Å². The van der Waals surface area contributed by atoms with Crippen molar-refractivity contribution >= 4 is 30.5 Å². The van der Waals surface area contributed by atoms with E-state index in [2.05, 4.69) is 19.6 Å². The predicted molar refractivity (Wildman–Crippen MR) is 90.6 cm³/mol. The molecule has 0 spiro atoms. The molecule has 0 amide bonds. The van der Waals surface area contributed by atoms with Crippen LogP contribution in [0.4, 0.5) is 5.82 Å². The highest BCUT2D eigenvalue weighted by Gasteiger charge is 2.45. The molecule has 2 aliphatic heterocycles. The van der Waals surface area contributed by atoms with Crippen LogP contribution in [0.15, 0.2) is 17.6 Å². The van der Waals surface area contributed by atoms with Crippen molar-refractivity contribution in [3.8, 4) is 0 Å². The Bertz CT molecular complexity index is 973. The molecule has 2 aromatic heterocycles. The van der Waals surface area contributed by atoms with Crippen molar-refractivity contribution in [3.05, 3.63) is 18.1 Å². The standard InChI is InChI=1S/C13H17N6O7P/c1-18-11-7-5(10(14)17-18)2-19(12(7)16-4-15-11)13-9(21)8(20)6(26-13)3-25-27(22,23)24/h2,4,6,8-9,13,20-21H,3H2,1H3,(H2,14,17)(H2,22,23,24)/t6-,8+,9+,13+/m0/s1. The molecule has 0 unspecified atom stereocenters. The van der Waals surface area contributed by atoms with Crippen LogP contribution in [0.1, 0.15) is 11.8 Å². The normalized spacial score (nSPS) is 28.0. The lowest BCUT2D eigenvalue weighted by Gasteiger charge is -2.19. The van der Waals surface area contributed by atoms with E-state index in [-0.39, 0.29) is 5.84 Å². The van der Waals surface area contributed by atoms with E-state index in [0.717, 1.165) is 0 Å². The van der Waals surface area contributed by atoms with E-state index in [1.54, 1.807) is 13.2 Å². The minimum Gasteiger partial charge on any atom is -0.387 e. The summed E-state index contributed by atoms with van der Waals surface area (Å²) in [5.74, 6) is 0.732. The Morgan fingerprint density at radius 3 is 2.78 bits per heavy atom. The quantitative estimate of drug-likeness (QED) is 0.365. The summed E-state index contributed by atoms with van der Waals surface area (Å²) in [5, 5.41) is 26.8. The predicted octanol–water partition coefficient (Wildman–Crippen LogP) is -1.77. The van der Waals surface area contributed by atoms with Crippen LogP contribution in [0.2, 0.25) is 0 Å². The lowest BCUT2D eigenvalue weighted by molar-refractivity contribution is -0.0501. The molecule has 1 saturated heterocycles. The number of rotatable bonds is 4. The maximum absolute atomic E-state index is 10.9. The summed E-state index contributed by atoms with van der Waals surface area (Å²) in [6.45, 7) is -0.600. The first-order chi connectivity index (χ1) is 12.7. The first kappa shape index (κ1) is 18.3. The zero-order valence-electron chi connectivity index (χ0n) is 13.9. The molecule has 0 radical (unpaired) electrons. The van der Waals surface area contributed by atoms with E-state index >= 15 is 0 Å². The molecular weight excluding hydrogens is 383 g/mol. The highest BCUT2D eigenvalue weighted by Crippen LogP contribution is 2.40. The lowest BCUT2D eigenvalue weighted by Crippen LogP contribution is -2.33. The second-order valence-electron chi connectivity index (χ2n) is 6.19. The number of anilines is 1. The minimum absolute atomic E-state index is 0.220. The van der Waals surface area contributed by atoms with E-state index in [9.17, 15) is 14.8 Å². The van der Waals surface area contributed by atoms with Gasteiger partial charge in [-0.25, -0.2) is 19.5 Å². The Morgan fingerprint density at radius 2 is 2.07 bits per heavy atom. The number of nitrogens with zero attached hydrogens (tertiary/aromatic N) is 5. The second kappa shape index (κ2) is 6.21. The van der Waals surface area contributed by atoms with Gasteiger partial charge in [0.25, 0.3) is 0 Å². The van der Waals surface area contributed by atoms with Gasteiger partial charge in [0, 0.05) is 18.8 Å². The summed E-state index contributed by atoms with van der Waals surface area (Å²) in [5.41, 5.74) is 6.91. The number of aliphatic hydroxyl groups excluding tert-OH is 2. The number of phosphoric acid groups is 1. The van der Waals surface area contributed by atoms with E-state index < -0.39 is 39.0 Å². The van der Waals surface area contributed by atoms with Crippen molar-refractivity contribution in [2.24, 2.45) is 10.8 Å². The van der Waals surface area contributed by atoms with Crippen LogP contribution in [0.25, 0.3) is 11.0 Å². The Balaban J connectivity index is 1.72. The molecule has 0 aliphatic carbocycles. The van der Waals surface area contributed by atoms with Crippen LogP contribution in [-0.4, -0.2) is 72.3 Å². The van der Waals surface area contributed by atoms with Gasteiger partial charge < -0.3 is 35.0 Å². The van der Waals surface area contributed by atoms with Gasteiger partial charge in [-0.15, -0.1) is 0 Å². The van der Waals surface area contributed by atoms with E-state index in [4.69, 9.17) is 20.3 Å². The van der Waals surface area contributed by atoms with Crippen molar-refractivity contribution in [1.29, 1.82) is 0 Å². The van der Waals surface area contributed by atoms with Crippen molar-refractivity contribution in [2.45, 2.75) is 24.5 Å². The zero-order valence-corrected chi connectivity index (χ0v) is 14.8. The molecule has 13 nitrogen and oxygen atoms in total. The number of hydrogen-bond donors (Lipinski definition) is 5. The fourth-order valence-electron chi connectivity index (χ4n) is 3.23. The Hall–Kier alpha value is -2.12. The van der Waals surface area contributed by atoms with Gasteiger partial charge in [-0.2, -0.15) is 5.10 Å². The average molecular weight is 400 g/mol. The molecular formula is C13H17N6O7P. The highest BCUT2D eigenvalue weighted by atomic mass is 31.2. The number of aliphatic hydroxyl groups is 2. The number of nitrogens with two attached hydrogens (primary N) is 1. The summed E-state index contributed by atoms with van der Waals surface area (Å²) in [4.78, 5) is 26.0. The van der Waals surface area contributed by atoms with Crippen molar-refractivity contribution in [1.82, 2.24) is 14.5 Å². The van der Waals surface area contributed by atoms with Crippen LogP contribution in [0.5, 0.6) is 0 Å². The molecule has 27 heavy (non-hydrogen) atoms. The third-order valence-corrected chi connectivity index (χ3v) is 4.93. The van der Waals surface area contributed by atoms with Gasteiger partial charge in [0.15, 0.2) is 17.9 Å². The number of aromatic nitrogens is 3. The van der Waals surface area contributed by atoms with Gasteiger partial charge in [0.1, 0.15) is 30.3 Å². The van der Waals surface area contributed by atoms with Gasteiger partial charge in [-0.05, 0) is 0 Å². The lowest BCUT2D eigenvalue weighted by atomic mass is 10.1. The maximum Gasteiger partial charge on any atom is 0.469 e. The third kappa shape index (κ3) is 2.99. The number of ether oxygens (including phenoxy) is 1. The molecule has 1 fully saturated rings. The van der Waals surface area contributed by atoms with E-state index in [1.165, 1.54) is 15.9 Å². The largest absolute Gasteiger partial charge is 0.469 e. The SMILES string of the molecule is CN1N=C(N)c2cn([C@@H]3O[C@@H](COP(=O)(O)O)[C@@H](O)[C@H]3O)c3ncnc1c23. The Kier molecular flexibility index (Phi) is 4.20. The average Bonchev–Trinajstić information content (AvgIpc) is 3.11. The van der Waals surface area contributed by atoms with Gasteiger partial charge in [-0.1, -0.05) is 0 Å². The molecule has 0 saturated carbocycles. The van der Waals surface area contributed by atoms with Crippen LogP contribution < -0.4 is 10.7 Å². The van der Waals surface area contributed by atoms with Crippen LogP contribution in [0, 0.1) is 0 Å². The zero-order chi connectivity index (χ0) is 19.5. The molecule has 6 N–H and O–H groups in total. The molecule has 0 bridgehead atoms.